The third kappa shape index (κ3) is 4.87. The number of nitrogens with one attached hydrogen (secondary N) is 1. The van der Waals surface area contributed by atoms with Crippen LogP contribution in [0.1, 0.15) is 16.8 Å². The highest BCUT2D eigenvalue weighted by Crippen LogP contribution is 2.21. The van der Waals surface area contributed by atoms with E-state index in [9.17, 15) is 13.6 Å². The highest BCUT2D eigenvalue weighted by molar-refractivity contribution is 6.04. The molecule has 2 aromatic rings. The van der Waals surface area contributed by atoms with E-state index in [0.717, 1.165) is 6.42 Å². The van der Waals surface area contributed by atoms with Gasteiger partial charge in [0.2, 0.25) is 5.88 Å². The van der Waals surface area contributed by atoms with Gasteiger partial charge < -0.3 is 19.5 Å². The molecule has 1 saturated heterocycles. The average Bonchev–Trinajstić information content (AvgIpc) is 3.08. The number of aromatic nitrogens is 1. The van der Waals surface area contributed by atoms with E-state index in [0.29, 0.717) is 30.3 Å². The molecule has 132 valence electrons. The Morgan fingerprint density at radius 2 is 2.20 bits per heavy atom. The van der Waals surface area contributed by atoms with Gasteiger partial charge in [-0.1, -0.05) is 6.07 Å². The average molecular weight is 350 g/mol. The van der Waals surface area contributed by atoms with Gasteiger partial charge in [0.15, 0.2) is 0 Å². The lowest BCUT2D eigenvalue weighted by Crippen LogP contribution is -2.17. The van der Waals surface area contributed by atoms with Crippen molar-refractivity contribution in [2.45, 2.75) is 19.1 Å². The van der Waals surface area contributed by atoms with Crippen molar-refractivity contribution in [1.29, 1.82) is 0 Å². The summed E-state index contributed by atoms with van der Waals surface area (Å²) in [5, 5.41) is 2.62. The Kier molecular flexibility index (Phi) is 5.39. The van der Waals surface area contributed by atoms with Crippen molar-refractivity contribution in [1.82, 2.24) is 4.98 Å². The molecule has 0 bridgehead atoms. The van der Waals surface area contributed by atoms with E-state index >= 15 is 0 Å². The number of anilines is 1. The number of carbonyl (C=O) groups is 1. The molecule has 3 rings (SSSR count). The largest absolute Gasteiger partial charge is 0.472 e. The molecule has 0 saturated carbocycles. The van der Waals surface area contributed by atoms with Crippen LogP contribution in [0, 0.1) is 0 Å². The minimum atomic E-state index is -2.93. The monoisotopic (exact) mass is 350 g/mol. The van der Waals surface area contributed by atoms with Crippen molar-refractivity contribution in [2.24, 2.45) is 0 Å². The molecule has 1 unspecified atom stereocenters. The number of rotatable bonds is 6. The second-order valence-corrected chi connectivity index (χ2v) is 5.35. The van der Waals surface area contributed by atoms with Crippen LogP contribution in [0.4, 0.5) is 14.5 Å². The third-order valence-corrected chi connectivity index (χ3v) is 3.49. The Balaban J connectivity index is 1.66. The summed E-state index contributed by atoms with van der Waals surface area (Å²) in [7, 11) is 0. The zero-order valence-electron chi connectivity index (χ0n) is 13.2. The lowest BCUT2D eigenvalue weighted by atomic mass is 10.2. The number of benzene rings is 1. The second-order valence-electron chi connectivity index (χ2n) is 5.35. The van der Waals surface area contributed by atoms with Crippen molar-refractivity contribution in [2.75, 3.05) is 18.5 Å². The van der Waals surface area contributed by atoms with Crippen LogP contribution in [0.3, 0.4) is 0 Å². The van der Waals surface area contributed by atoms with Crippen LogP contribution >= 0.6 is 0 Å². The summed E-state index contributed by atoms with van der Waals surface area (Å²) in [6.45, 7) is -1.79. The van der Waals surface area contributed by atoms with E-state index in [4.69, 9.17) is 9.47 Å². The summed E-state index contributed by atoms with van der Waals surface area (Å²) in [6.07, 6.45) is 2.17. The van der Waals surface area contributed by atoms with Gasteiger partial charge in [-0.2, -0.15) is 8.78 Å². The van der Waals surface area contributed by atoms with Gasteiger partial charge >= 0.3 is 6.61 Å². The molecule has 1 atom stereocenters. The predicted molar refractivity (Wildman–Crippen MR) is 85.1 cm³/mol. The molecule has 1 aromatic heterocycles. The molecule has 2 heterocycles. The molecule has 1 fully saturated rings. The van der Waals surface area contributed by atoms with E-state index in [-0.39, 0.29) is 11.9 Å². The Labute approximate surface area is 142 Å². The van der Waals surface area contributed by atoms with E-state index in [1.165, 1.54) is 36.5 Å². The van der Waals surface area contributed by atoms with Crippen LogP contribution < -0.4 is 14.8 Å². The molecular weight excluding hydrogens is 334 g/mol. The van der Waals surface area contributed by atoms with Gasteiger partial charge in [0.25, 0.3) is 5.91 Å². The van der Waals surface area contributed by atoms with Crippen LogP contribution in [0.2, 0.25) is 0 Å². The number of amides is 1. The quantitative estimate of drug-likeness (QED) is 0.867. The van der Waals surface area contributed by atoms with Gasteiger partial charge in [-0.15, -0.1) is 0 Å². The summed E-state index contributed by atoms with van der Waals surface area (Å²) in [5.41, 5.74) is 0.677. The normalized spacial score (nSPS) is 16.7. The maximum atomic E-state index is 12.3. The first-order chi connectivity index (χ1) is 12.1. The molecule has 1 aliphatic heterocycles. The number of pyridine rings is 1. The molecule has 1 aliphatic rings. The van der Waals surface area contributed by atoms with Gasteiger partial charge in [0.1, 0.15) is 11.9 Å². The first kappa shape index (κ1) is 17.1. The number of hydrogen-bond donors (Lipinski definition) is 1. The molecule has 0 aliphatic carbocycles. The SMILES string of the molecule is O=C(Nc1cccc(OC(F)F)c1)c1ccnc(OC2CCOC2)c1. The van der Waals surface area contributed by atoms with Gasteiger partial charge in [-0.3, -0.25) is 4.79 Å². The summed E-state index contributed by atoms with van der Waals surface area (Å²) in [6, 6.07) is 8.83. The van der Waals surface area contributed by atoms with Crippen LogP contribution in [0.25, 0.3) is 0 Å². The maximum Gasteiger partial charge on any atom is 0.387 e. The van der Waals surface area contributed by atoms with Gasteiger partial charge in [0.05, 0.1) is 13.2 Å². The fraction of sp³-hybridized carbons (Fsp3) is 0.294. The van der Waals surface area contributed by atoms with Gasteiger partial charge in [-0.05, 0) is 18.2 Å². The predicted octanol–water partition coefficient (Wildman–Crippen LogP) is 3.10. The lowest BCUT2D eigenvalue weighted by Gasteiger charge is -2.12. The van der Waals surface area contributed by atoms with Crippen molar-refractivity contribution < 1.29 is 27.8 Å². The Hall–Kier alpha value is -2.74. The molecule has 0 spiro atoms. The van der Waals surface area contributed by atoms with Crippen LogP contribution in [-0.4, -0.2) is 36.8 Å². The zero-order valence-corrected chi connectivity index (χ0v) is 13.2. The van der Waals surface area contributed by atoms with Crippen molar-refractivity contribution >= 4 is 11.6 Å². The molecule has 25 heavy (non-hydrogen) atoms. The number of nitrogens with zero attached hydrogens (tertiary/aromatic N) is 1. The first-order valence-electron chi connectivity index (χ1n) is 7.67. The van der Waals surface area contributed by atoms with E-state index in [1.807, 2.05) is 0 Å². The van der Waals surface area contributed by atoms with Gasteiger partial charge in [-0.25, -0.2) is 4.98 Å². The number of ether oxygens (including phenoxy) is 3. The minimum Gasteiger partial charge on any atom is -0.472 e. The molecule has 0 radical (unpaired) electrons. The standard InChI is InChI=1S/C17H16F2N2O4/c18-17(19)25-13-3-1-2-12(9-13)21-16(22)11-4-6-20-15(8-11)24-14-5-7-23-10-14/h1-4,6,8-9,14,17H,5,7,10H2,(H,21,22). The molecule has 1 aromatic carbocycles. The molecule has 6 nitrogen and oxygen atoms in total. The molecule has 8 heteroatoms. The molecule has 1 amide bonds. The number of alkyl halides is 2. The van der Waals surface area contributed by atoms with Crippen molar-refractivity contribution in [3.8, 4) is 11.6 Å². The second kappa shape index (κ2) is 7.89. The number of halogens is 2. The zero-order chi connectivity index (χ0) is 17.6. The van der Waals surface area contributed by atoms with Crippen LogP contribution in [0.5, 0.6) is 11.6 Å². The van der Waals surface area contributed by atoms with E-state index in [2.05, 4.69) is 15.0 Å². The number of hydrogen-bond acceptors (Lipinski definition) is 5. The fourth-order valence-electron chi connectivity index (χ4n) is 2.35. The summed E-state index contributed by atoms with van der Waals surface area (Å²) in [5.74, 6) is -0.116. The minimum absolute atomic E-state index is 0.0345. The van der Waals surface area contributed by atoms with E-state index in [1.54, 1.807) is 6.07 Å². The summed E-state index contributed by atoms with van der Waals surface area (Å²) >= 11 is 0. The van der Waals surface area contributed by atoms with E-state index < -0.39 is 12.5 Å². The molecular formula is C17H16F2N2O4. The Morgan fingerprint density at radius 3 is 2.96 bits per heavy atom. The molecule has 1 N–H and O–H groups in total. The van der Waals surface area contributed by atoms with Crippen molar-refractivity contribution in [3.05, 3.63) is 48.2 Å². The third-order valence-electron chi connectivity index (χ3n) is 3.49. The van der Waals surface area contributed by atoms with Crippen molar-refractivity contribution in [3.63, 3.8) is 0 Å². The first-order valence-corrected chi connectivity index (χ1v) is 7.67. The Bertz CT molecular complexity index is 736. The summed E-state index contributed by atoms with van der Waals surface area (Å²) < 4.78 is 39.7. The summed E-state index contributed by atoms with van der Waals surface area (Å²) in [4.78, 5) is 16.4. The topological polar surface area (TPSA) is 69.7 Å². The lowest BCUT2D eigenvalue weighted by molar-refractivity contribution is -0.0497. The smallest absolute Gasteiger partial charge is 0.387 e. The highest BCUT2D eigenvalue weighted by atomic mass is 19.3. The maximum absolute atomic E-state index is 12.3. The van der Waals surface area contributed by atoms with Crippen LogP contribution in [-0.2, 0) is 4.74 Å². The number of carbonyl (C=O) groups excluding carboxylic acids is 1. The fourth-order valence-corrected chi connectivity index (χ4v) is 2.35. The Morgan fingerprint density at radius 1 is 1.32 bits per heavy atom. The highest BCUT2D eigenvalue weighted by Gasteiger charge is 2.18. The van der Waals surface area contributed by atoms with Gasteiger partial charge in [0, 0.05) is 36.0 Å². The van der Waals surface area contributed by atoms with Crippen LogP contribution in [0.15, 0.2) is 42.6 Å².